The maximum atomic E-state index is 12.3. The molecule has 0 bridgehead atoms. The van der Waals surface area contributed by atoms with Gasteiger partial charge in [-0.2, -0.15) is 8.78 Å². The molecule has 0 saturated carbocycles. The van der Waals surface area contributed by atoms with Crippen LogP contribution in [0.25, 0.3) is 0 Å². The Kier molecular flexibility index (Phi) is 6.51. The van der Waals surface area contributed by atoms with E-state index < -0.39 is 12.6 Å². The number of rotatable bonds is 6. The van der Waals surface area contributed by atoms with E-state index in [1.807, 2.05) is 0 Å². The van der Waals surface area contributed by atoms with E-state index >= 15 is 0 Å². The second kappa shape index (κ2) is 7.65. The van der Waals surface area contributed by atoms with E-state index in [1.165, 1.54) is 12.1 Å². The highest BCUT2D eigenvalue weighted by Gasteiger charge is 2.15. The first-order chi connectivity index (χ1) is 8.97. The monoisotopic (exact) mass is 356 g/mol. The Morgan fingerprint density at radius 3 is 2.63 bits per heavy atom. The van der Waals surface area contributed by atoms with Crippen molar-refractivity contribution in [3.05, 3.63) is 28.3 Å². The van der Waals surface area contributed by atoms with E-state index in [0.29, 0.717) is 21.5 Å². The van der Waals surface area contributed by atoms with Crippen LogP contribution in [0.1, 0.15) is 18.1 Å². The lowest BCUT2D eigenvalue weighted by molar-refractivity contribution is -0.142. The van der Waals surface area contributed by atoms with E-state index in [4.69, 9.17) is 16.3 Å². The van der Waals surface area contributed by atoms with Crippen LogP contribution in [0.4, 0.5) is 8.78 Å². The Morgan fingerprint density at radius 2 is 2.11 bits per heavy atom. The summed E-state index contributed by atoms with van der Waals surface area (Å²) in [5, 5.41) is 0.623. The average Bonchev–Trinajstić information content (AvgIpc) is 2.32. The van der Waals surface area contributed by atoms with Crippen molar-refractivity contribution < 1.29 is 23.0 Å². The molecule has 0 heterocycles. The third kappa shape index (κ3) is 4.95. The summed E-state index contributed by atoms with van der Waals surface area (Å²) in [4.78, 5) is 11.4. The Hall–Kier alpha value is -0.880. The summed E-state index contributed by atoms with van der Waals surface area (Å²) >= 11 is 9.15. The van der Waals surface area contributed by atoms with E-state index in [-0.39, 0.29) is 18.8 Å². The quantitative estimate of drug-likeness (QED) is 0.571. The third-order valence-electron chi connectivity index (χ3n) is 2.23. The average molecular weight is 358 g/mol. The van der Waals surface area contributed by atoms with Gasteiger partial charge in [0.25, 0.3) is 0 Å². The largest absolute Gasteiger partial charge is 0.466 e. The summed E-state index contributed by atoms with van der Waals surface area (Å²) in [5.74, 6) is -0.477. The lowest BCUT2D eigenvalue weighted by Gasteiger charge is -2.12. The number of alkyl halides is 3. The molecule has 0 amide bonds. The maximum absolute atomic E-state index is 12.3. The van der Waals surface area contributed by atoms with E-state index in [0.717, 1.165) is 0 Å². The van der Waals surface area contributed by atoms with Gasteiger partial charge in [0.15, 0.2) is 0 Å². The van der Waals surface area contributed by atoms with Crippen LogP contribution in [0.2, 0.25) is 5.02 Å². The summed E-state index contributed by atoms with van der Waals surface area (Å²) < 4.78 is 33.8. The minimum Gasteiger partial charge on any atom is -0.466 e. The zero-order valence-corrected chi connectivity index (χ0v) is 12.4. The Bertz CT molecular complexity index is 455. The zero-order chi connectivity index (χ0) is 14.4. The maximum Gasteiger partial charge on any atom is 0.387 e. The van der Waals surface area contributed by atoms with Crippen molar-refractivity contribution in [1.82, 2.24) is 0 Å². The van der Waals surface area contributed by atoms with Crippen molar-refractivity contribution in [3.63, 3.8) is 0 Å². The van der Waals surface area contributed by atoms with Crippen LogP contribution in [0.5, 0.6) is 5.75 Å². The number of hydrogen-bond donors (Lipinski definition) is 0. The van der Waals surface area contributed by atoms with Crippen molar-refractivity contribution in [2.75, 3.05) is 6.61 Å². The topological polar surface area (TPSA) is 35.5 Å². The van der Waals surface area contributed by atoms with Gasteiger partial charge in [0.05, 0.1) is 13.0 Å². The van der Waals surface area contributed by atoms with Crippen molar-refractivity contribution in [1.29, 1.82) is 0 Å². The van der Waals surface area contributed by atoms with Gasteiger partial charge in [-0.25, -0.2) is 0 Å². The summed E-state index contributed by atoms with van der Waals surface area (Å²) in [6.07, 6.45) is -0.0885. The fraction of sp³-hybridized carbons (Fsp3) is 0.417. The molecule has 0 unspecified atom stereocenters. The molecule has 1 rings (SSSR count). The van der Waals surface area contributed by atoms with Gasteiger partial charge in [-0.3, -0.25) is 4.79 Å². The molecule has 3 nitrogen and oxygen atoms in total. The molecule has 7 heteroatoms. The van der Waals surface area contributed by atoms with Gasteiger partial charge in [0, 0.05) is 15.9 Å². The van der Waals surface area contributed by atoms with Crippen LogP contribution >= 0.6 is 27.5 Å². The van der Waals surface area contributed by atoms with Gasteiger partial charge in [-0.15, -0.1) is 0 Å². The second-order valence-electron chi connectivity index (χ2n) is 3.55. The molecule has 106 valence electrons. The highest BCUT2D eigenvalue weighted by Crippen LogP contribution is 2.30. The van der Waals surface area contributed by atoms with Gasteiger partial charge in [-0.05, 0) is 24.6 Å². The molecule has 0 aliphatic carbocycles. The highest BCUT2D eigenvalue weighted by atomic mass is 79.9. The van der Waals surface area contributed by atoms with Crippen LogP contribution in [0.15, 0.2) is 12.1 Å². The third-order valence-corrected chi connectivity index (χ3v) is 3.19. The first-order valence-corrected chi connectivity index (χ1v) is 6.95. The number of carbonyl (C=O) groups is 1. The molecular weight excluding hydrogens is 345 g/mol. The lowest BCUT2D eigenvalue weighted by Crippen LogP contribution is -2.09. The van der Waals surface area contributed by atoms with Gasteiger partial charge in [0.1, 0.15) is 5.75 Å². The number of hydrogen-bond acceptors (Lipinski definition) is 3. The van der Waals surface area contributed by atoms with Crippen LogP contribution in [0.3, 0.4) is 0 Å². The van der Waals surface area contributed by atoms with E-state index in [9.17, 15) is 13.6 Å². The number of esters is 1. The van der Waals surface area contributed by atoms with Gasteiger partial charge < -0.3 is 9.47 Å². The van der Waals surface area contributed by atoms with Gasteiger partial charge >= 0.3 is 12.6 Å². The predicted molar refractivity (Wildman–Crippen MR) is 71.1 cm³/mol. The number of ether oxygens (including phenoxy) is 2. The normalized spacial score (nSPS) is 10.6. The minimum absolute atomic E-state index is 0.00410. The van der Waals surface area contributed by atoms with Crippen LogP contribution < -0.4 is 4.74 Å². The van der Waals surface area contributed by atoms with Crippen LogP contribution in [-0.4, -0.2) is 19.2 Å². The first-order valence-electron chi connectivity index (χ1n) is 5.45. The van der Waals surface area contributed by atoms with E-state index in [2.05, 4.69) is 20.7 Å². The molecule has 0 aromatic heterocycles. The Labute approximate surface area is 123 Å². The fourth-order valence-corrected chi connectivity index (χ4v) is 2.14. The van der Waals surface area contributed by atoms with Crippen molar-refractivity contribution in [3.8, 4) is 5.75 Å². The van der Waals surface area contributed by atoms with Crippen molar-refractivity contribution in [2.45, 2.75) is 25.3 Å². The van der Waals surface area contributed by atoms with Gasteiger partial charge in [0.2, 0.25) is 0 Å². The smallest absolute Gasteiger partial charge is 0.387 e. The Morgan fingerprint density at radius 1 is 1.42 bits per heavy atom. The Balaban J connectivity index is 3.01. The molecule has 0 fully saturated rings. The summed E-state index contributed by atoms with van der Waals surface area (Å²) in [7, 11) is 0. The predicted octanol–water partition coefficient (Wildman–Crippen LogP) is 3.94. The summed E-state index contributed by atoms with van der Waals surface area (Å²) in [5.41, 5.74) is 0.873. The molecule has 0 N–H and O–H groups in total. The SMILES string of the molecule is CCOC(=O)Cc1cc(OC(F)F)c(CBr)cc1Cl. The molecule has 1 aromatic carbocycles. The molecule has 0 radical (unpaired) electrons. The number of carbonyl (C=O) groups excluding carboxylic acids is 1. The van der Waals surface area contributed by atoms with Crippen LogP contribution in [0, 0.1) is 0 Å². The molecule has 0 aliphatic heterocycles. The summed E-state index contributed by atoms with van der Waals surface area (Å²) in [6, 6.07) is 2.82. The molecule has 1 aromatic rings. The zero-order valence-electron chi connectivity index (χ0n) is 10.1. The first kappa shape index (κ1) is 16.2. The molecular formula is C12H12BrClF2O3. The minimum atomic E-state index is -2.94. The second-order valence-corrected chi connectivity index (χ2v) is 4.51. The molecule has 0 aliphatic rings. The standard InChI is InChI=1S/C12H12BrClF2O3/c1-2-18-11(17)5-7-4-10(19-12(15)16)8(6-13)3-9(7)14/h3-4,12H,2,5-6H2,1H3. The number of halogens is 4. The number of benzene rings is 1. The fourth-order valence-electron chi connectivity index (χ4n) is 1.45. The van der Waals surface area contributed by atoms with Crippen molar-refractivity contribution >= 4 is 33.5 Å². The molecule has 0 saturated heterocycles. The molecule has 0 atom stereocenters. The van der Waals surface area contributed by atoms with Crippen LogP contribution in [-0.2, 0) is 21.3 Å². The van der Waals surface area contributed by atoms with Crippen molar-refractivity contribution in [2.24, 2.45) is 0 Å². The molecule has 19 heavy (non-hydrogen) atoms. The molecule has 0 spiro atoms. The van der Waals surface area contributed by atoms with Gasteiger partial charge in [-0.1, -0.05) is 27.5 Å². The highest BCUT2D eigenvalue weighted by molar-refractivity contribution is 9.08. The van der Waals surface area contributed by atoms with E-state index in [1.54, 1.807) is 6.92 Å². The summed E-state index contributed by atoms with van der Waals surface area (Å²) in [6.45, 7) is -1.01. The lowest BCUT2D eigenvalue weighted by atomic mass is 10.1.